The third-order valence-electron chi connectivity index (χ3n) is 4.72. The van der Waals surface area contributed by atoms with Crippen LogP contribution in [0, 0.1) is 0 Å². The molecule has 5 rings (SSSR count). The summed E-state index contributed by atoms with van der Waals surface area (Å²) in [5, 5.41) is 0.691. The number of carbonyl (C=O) groups excluding carboxylic acids is 1. The molecule has 0 fully saturated rings. The minimum Gasteiger partial charge on any atom is -0.496 e. The Morgan fingerprint density at radius 1 is 1.48 bits per heavy atom. The summed E-state index contributed by atoms with van der Waals surface area (Å²) in [6, 6.07) is 1.77. The van der Waals surface area contributed by atoms with Crippen LogP contribution in [-0.4, -0.2) is 19.2 Å². The van der Waals surface area contributed by atoms with Crippen molar-refractivity contribution >= 4 is 16.8 Å². The molecule has 0 spiro atoms. The van der Waals surface area contributed by atoms with Crippen LogP contribution < -0.4 is 15.1 Å². The smallest absolute Gasteiger partial charge is 0.347 e. The Morgan fingerprint density at radius 2 is 2.35 bits per heavy atom. The van der Waals surface area contributed by atoms with Crippen molar-refractivity contribution in [1.29, 1.82) is 0 Å². The second-order valence-electron chi connectivity index (χ2n) is 5.84. The first-order valence-electron chi connectivity index (χ1n) is 7.41. The number of rotatable bonds is 1. The van der Waals surface area contributed by atoms with Gasteiger partial charge in [0.1, 0.15) is 22.6 Å². The predicted molar refractivity (Wildman–Crippen MR) is 79.1 cm³/mol. The Morgan fingerprint density at radius 3 is 3.17 bits per heavy atom. The van der Waals surface area contributed by atoms with Crippen LogP contribution in [0.3, 0.4) is 0 Å². The molecule has 1 aromatic carbocycles. The Kier molecular flexibility index (Phi) is 2.30. The summed E-state index contributed by atoms with van der Waals surface area (Å²) >= 11 is 0. The normalized spacial score (nSPS) is 23.4. The Balaban J connectivity index is 1.94. The van der Waals surface area contributed by atoms with Gasteiger partial charge in [0.15, 0.2) is 5.78 Å². The van der Waals surface area contributed by atoms with Crippen molar-refractivity contribution in [2.45, 2.75) is 25.0 Å². The zero-order valence-corrected chi connectivity index (χ0v) is 12.3. The predicted octanol–water partition coefficient (Wildman–Crippen LogP) is 2.28. The summed E-state index contributed by atoms with van der Waals surface area (Å²) in [6.07, 6.45) is 3.86. The quantitative estimate of drug-likeness (QED) is 0.747. The van der Waals surface area contributed by atoms with Gasteiger partial charge in [0, 0.05) is 12.5 Å². The number of hydrogen-bond acceptors (Lipinski definition) is 6. The number of benzene rings is 1. The molecule has 0 radical (unpaired) electrons. The van der Waals surface area contributed by atoms with E-state index >= 15 is 0 Å². The fourth-order valence-corrected chi connectivity index (χ4v) is 3.72. The summed E-state index contributed by atoms with van der Waals surface area (Å²) in [7, 11) is 1.54. The minimum absolute atomic E-state index is 0.128. The first-order chi connectivity index (χ1) is 11.2. The number of methoxy groups -OCH3 is 1. The van der Waals surface area contributed by atoms with Gasteiger partial charge in [0.25, 0.3) is 6.29 Å². The lowest BCUT2D eigenvalue weighted by molar-refractivity contribution is -0.00485. The first-order valence-corrected chi connectivity index (χ1v) is 7.41. The molecular weight excluding hydrogens is 318 g/mol. The lowest BCUT2D eigenvalue weighted by Crippen LogP contribution is -2.14. The number of ether oxygens (including phenoxy) is 3. The van der Waals surface area contributed by atoms with Crippen molar-refractivity contribution in [3.63, 3.8) is 0 Å². The van der Waals surface area contributed by atoms with E-state index in [2.05, 4.69) is 0 Å². The summed E-state index contributed by atoms with van der Waals surface area (Å²) in [4.78, 5) is 24.3. The van der Waals surface area contributed by atoms with Crippen LogP contribution >= 0.6 is 0 Å². The monoisotopic (exact) mass is 330 g/mol. The van der Waals surface area contributed by atoms with Crippen LogP contribution in [0.4, 0.5) is 0 Å². The number of fused-ring (bicyclic) bond motifs is 7. The van der Waals surface area contributed by atoms with E-state index in [0.29, 0.717) is 40.9 Å². The zero-order chi connectivity index (χ0) is 15.7. The summed E-state index contributed by atoms with van der Waals surface area (Å²) in [5.74, 6) is 0.826. The van der Waals surface area contributed by atoms with E-state index < -0.39 is 11.9 Å². The second kappa shape index (κ2) is 4.16. The number of carbonyl (C=O) groups is 1. The van der Waals surface area contributed by atoms with Crippen LogP contribution in [0.5, 0.6) is 11.5 Å². The molecule has 116 valence electrons. The molecule has 0 saturated carbocycles. The highest BCUT2D eigenvalue weighted by molar-refractivity contribution is 6.06. The van der Waals surface area contributed by atoms with Gasteiger partial charge in [-0.1, -0.05) is 0 Å². The van der Waals surface area contributed by atoms with Crippen molar-refractivity contribution < 1.29 is 23.4 Å². The number of hydrogen-bond donors (Lipinski definition) is 0. The van der Waals surface area contributed by atoms with Gasteiger partial charge in [-0.25, -0.2) is 4.79 Å². The Bertz CT molecular complexity index is 967. The van der Waals surface area contributed by atoms with Gasteiger partial charge in [0.05, 0.1) is 30.2 Å². The van der Waals surface area contributed by atoms with Gasteiger partial charge in [-0.15, -0.1) is 0 Å². The average Bonchev–Trinajstić information content (AvgIpc) is 3.20. The largest absolute Gasteiger partial charge is 0.496 e. The SMILES string of the molecule is CO[14c]1c[14c]2c([14c]3o[14c](=O)c4[14c](c13)[14CH2]C[14C]4=O)[C@@H]1[14CH]=CO[14C@@H]1O2. The molecule has 6 heteroatoms. The van der Waals surface area contributed by atoms with E-state index in [1.165, 1.54) is 0 Å². The van der Waals surface area contributed by atoms with Gasteiger partial charge >= 0.3 is 5.63 Å². The van der Waals surface area contributed by atoms with Gasteiger partial charge in [-0.05, 0) is 18.1 Å². The van der Waals surface area contributed by atoms with Gasteiger partial charge in [-0.3, -0.25) is 4.79 Å². The number of ketones is 1. The molecule has 0 N–H and O–H groups in total. The highest BCUT2D eigenvalue weighted by Crippen LogP contribution is 2.50. The Hall–Kier alpha value is -2.76. The maximum absolute atomic E-state index is 12.3. The molecule has 0 unspecified atom stereocenters. The molecule has 23 heavy (non-hydrogen) atoms. The number of aryl methyl sites for hydroxylation is 1. The van der Waals surface area contributed by atoms with Gasteiger partial charge in [-0.2, -0.15) is 0 Å². The minimum atomic E-state index is -0.586. The van der Waals surface area contributed by atoms with Crippen LogP contribution in [0.15, 0.2) is 27.6 Å². The molecule has 0 bridgehead atoms. The van der Waals surface area contributed by atoms with Crippen molar-refractivity contribution in [2.24, 2.45) is 0 Å². The molecule has 2 aliphatic heterocycles. The average molecular weight is 330 g/mol. The highest BCUT2D eigenvalue weighted by Gasteiger charge is 2.41. The van der Waals surface area contributed by atoms with E-state index in [1.54, 1.807) is 19.4 Å². The van der Waals surface area contributed by atoms with Crippen molar-refractivity contribution in [1.82, 2.24) is 0 Å². The first kappa shape index (κ1) is 12.8. The third-order valence-corrected chi connectivity index (χ3v) is 4.72. The molecule has 2 atom stereocenters. The fraction of sp³-hybridized carbons (Fsp3) is 0.294. The van der Waals surface area contributed by atoms with Crippen LogP contribution in [0.2, 0.25) is 0 Å². The second-order valence-corrected chi connectivity index (χ2v) is 5.84. The summed E-state index contributed by atoms with van der Waals surface area (Å²) in [6.45, 7) is 0. The van der Waals surface area contributed by atoms with Crippen LogP contribution in [-0.2, 0) is 11.2 Å². The van der Waals surface area contributed by atoms with Gasteiger partial charge in [0.2, 0.25) is 0 Å². The van der Waals surface area contributed by atoms with E-state index in [1.807, 2.05) is 6.08 Å². The van der Waals surface area contributed by atoms with Crippen molar-refractivity contribution in [2.75, 3.05) is 7.11 Å². The maximum Gasteiger partial charge on any atom is 0.347 e. The van der Waals surface area contributed by atoms with E-state index in [-0.39, 0.29) is 17.3 Å². The Labute approximate surface area is 130 Å². The molecule has 1 aromatic heterocycles. The van der Waals surface area contributed by atoms with Crippen LogP contribution in [0.1, 0.15) is 33.8 Å². The molecular formula is C17H12O6. The standard InChI is InChI=1S/C17H12O6/c1-20-10-6-11-14(8-4-5-21-17(8)22-11)15-13(10)7-2-3-9(18)12(7)16(19)23-15/h4-6,8,17H,2-3H2,1H3/t8-,17+/m0/s1/i2+2,4+2,7+2,9+2,10+2,11+2,15+2,16+2,17+2. The van der Waals surface area contributed by atoms with E-state index in [4.69, 9.17) is 18.6 Å². The molecule has 2 aromatic rings. The van der Waals surface area contributed by atoms with E-state index in [0.717, 1.165) is 5.56 Å². The zero-order valence-electron chi connectivity index (χ0n) is 12.3. The van der Waals surface area contributed by atoms with Crippen molar-refractivity contribution in [3.8, 4) is 11.5 Å². The fourth-order valence-electron chi connectivity index (χ4n) is 3.72. The number of Topliss-reactive ketones (excluding diaryl/α,β-unsaturated/α-hetero) is 1. The topological polar surface area (TPSA) is 75.0 Å². The van der Waals surface area contributed by atoms with E-state index in [9.17, 15) is 9.59 Å². The summed E-state index contributed by atoms with van der Waals surface area (Å²) in [5.41, 5.74) is 1.49. The molecule has 6 nitrogen and oxygen atoms in total. The molecule has 3 aliphatic rings. The lowest BCUT2D eigenvalue weighted by Gasteiger charge is -2.12. The summed E-state index contributed by atoms with van der Waals surface area (Å²) < 4.78 is 22.2. The maximum atomic E-state index is 12.3. The molecule has 3 heterocycles. The lowest BCUT2D eigenvalue weighted by atomic mass is 10.5. The molecule has 0 saturated heterocycles. The van der Waals surface area contributed by atoms with Crippen molar-refractivity contribution in [3.05, 3.63) is 45.5 Å². The van der Waals surface area contributed by atoms with Gasteiger partial charge < -0.3 is 18.6 Å². The highest BCUT2D eigenvalue weighted by atomic mass is 17.0. The third kappa shape index (κ3) is 1.48. The molecule has 1 aliphatic carbocycles. The van der Waals surface area contributed by atoms with Crippen LogP contribution in [0.25, 0.3) is 11.0 Å². The molecule has 0 amide bonds.